The van der Waals surface area contributed by atoms with Gasteiger partial charge in [-0.05, 0) is 55.0 Å². The van der Waals surface area contributed by atoms with Crippen LogP contribution in [0.15, 0.2) is 48.5 Å². The molecule has 1 aliphatic rings. The van der Waals surface area contributed by atoms with E-state index in [4.69, 9.17) is 11.6 Å². The molecule has 3 rings (SSSR count). The molecule has 0 aromatic heterocycles. The van der Waals surface area contributed by atoms with Gasteiger partial charge in [-0.15, -0.1) is 0 Å². The van der Waals surface area contributed by atoms with Gasteiger partial charge in [-0.3, -0.25) is 4.79 Å². The monoisotopic (exact) mass is 342 g/mol. The third-order valence-electron chi connectivity index (χ3n) is 4.64. The van der Waals surface area contributed by atoms with E-state index in [1.165, 1.54) is 11.1 Å². The van der Waals surface area contributed by atoms with E-state index in [2.05, 4.69) is 28.8 Å². The summed E-state index contributed by atoms with van der Waals surface area (Å²) in [4.78, 5) is 12.3. The van der Waals surface area contributed by atoms with Crippen LogP contribution in [-0.2, 0) is 11.2 Å². The lowest BCUT2D eigenvalue weighted by molar-refractivity contribution is -0.121. The van der Waals surface area contributed by atoms with Crippen LogP contribution < -0.4 is 10.6 Å². The standard InChI is InChI=1S/C20H23ClN2O/c1-14(15-9-11-17(21)12-10-15)22-13-20(24)23-19-8-4-6-16-5-2-3-7-18(16)19/h2-3,5,7,9-12,14,19,22H,4,6,8,13H2,1H3,(H,23,24)/t14-,19-/m0/s1. The van der Waals surface area contributed by atoms with E-state index in [1.807, 2.05) is 37.3 Å². The van der Waals surface area contributed by atoms with E-state index in [-0.39, 0.29) is 18.0 Å². The highest BCUT2D eigenvalue weighted by atomic mass is 35.5. The molecular formula is C20H23ClN2O. The molecular weight excluding hydrogens is 320 g/mol. The van der Waals surface area contributed by atoms with Gasteiger partial charge >= 0.3 is 0 Å². The summed E-state index contributed by atoms with van der Waals surface area (Å²) in [6.45, 7) is 2.36. The second kappa shape index (κ2) is 7.82. The molecule has 0 unspecified atom stereocenters. The molecule has 0 fully saturated rings. The van der Waals surface area contributed by atoms with Crippen LogP contribution >= 0.6 is 11.6 Å². The molecule has 2 atom stereocenters. The third kappa shape index (κ3) is 4.16. The number of benzene rings is 2. The lowest BCUT2D eigenvalue weighted by atomic mass is 9.88. The Bertz CT molecular complexity index is 699. The van der Waals surface area contributed by atoms with Gasteiger partial charge < -0.3 is 10.6 Å². The number of carbonyl (C=O) groups excluding carboxylic acids is 1. The predicted molar refractivity (Wildman–Crippen MR) is 98.1 cm³/mol. The number of aryl methyl sites for hydroxylation is 1. The van der Waals surface area contributed by atoms with E-state index in [9.17, 15) is 4.79 Å². The summed E-state index contributed by atoms with van der Waals surface area (Å²) in [7, 11) is 0. The molecule has 4 heteroatoms. The fourth-order valence-corrected chi connectivity index (χ4v) is 3.39. The molecule has 0 saturated carbocycles. The van der Waals surface area contributed by atoms with Gasteiger partial charge in [-0.1, -0.05) is 48.0 Å². The van der Waals surface area contributed by atoms with Crippen molar-refractivity contribution in [2.75, 3.05) is 6.54 Å². The molecule has 2 N–H and O–H groups in total. The van der Waals surface area contributed by atoms with Crippen molar-refractivity contribution in [3.05, 3.63) is 70.2 Å². The summed E-state index contributed by atoms with van der Waals surface area (Å²) >= 11 is 5.91. The molecule has 3 nitrogen and oxygen atoms in total. The van der Waals surface area contributed by atoms with Gasteiger partial charge in [0.1, 0.15) is 0 Å². The highest BCUT2D eigenvalue weighted by molar-refractivity contribution is 6.30. The maximum Gasteiger partial charge on any atom is 0.234 e. The van der Waals surface area contributed by atoms with Crippen LogP contribution in [-0.4, -0.2) is 12.5 Å². The first-order valence-electron chi connectivity index (χ1n) is 8.49. The maximum atomic E-state index is 12.3. The number of halogens is 1. The average Bonchev–Trinajstić information content (AvgIpc) is 2.61. The largest absolute Gasteiger partial charge is 0.348 e. The van der Waals surface area contributed by atoms with Crippen LogP contribution in [0, 0.1) is 0 Å². The van der Waals surface area contributed by atoms with Gasteiger partial charge in [-0.25, -0.2) is 0 Å². The Kier molecular flexibility index (Phi) is 5.54. The Morgan fingerprint density at radius 2 is 1.96 bits per heavy atom. The molecule has 0 saturated heterocycles. The molecule has 0 aliphatic heterocycles. The Morgan fingerprint density at radius 1 is 1.21 bits per heavy atom. The Morgan fingerprint density at radius 3 is 2.75 bits per heavy atom. The summed E-state index contributed by atoms with van der Waals surface area (Å²) in [5.74, 6) is 0.0394. The van der Waals surface area contributed by atoms with Crippen LogP contribution in [0.1, 0.15) is 48.5 Å². The average molecular weight is 343 g/mol. The Balaban J connectivity index is 1.54. The van der Waals surface area contributed by atoms with E-state index in [0.717, 1.165) is 29.8 Å². The van der Waals surface area contributed by atoms with Crippen LogP contribution in [0.25, 0.3) is 0 Å². The number of hydrogen-bond donors (Lipinski definition) is 2. The summed E-state index contributed by atoms with van der Waals surface area (Å²) < 4.78 is 0. The van der Waals surface area contributed by atoms with E-state index < -0.39 is 0 Å². The van der Waals surface area contributed by atoms with Gasteiger partial charge in [0.15, 0.2) is 0 Å². The number of amides is 1. The minimum Gasteiger partial charge on any atom is -0.348 e. The van der Waals surface area contributed by atoms with Crippen molar-refractivity contribution >= 4 is 17.5 Å². The van der Waals surface area contributed by atoms with Gasteiger partial charge in [0.05, 0.1) is 12.6 Å². The summed E-state index contributed by atoms with van der Waals surface area (Å²) in [6, 6.07) is 16.3. The normalized spacial score (nSPS) is 17.8. The van der Waals surface area contributed by atoms with Gasteiger partial charge in [0.2, 0.25) is 5.91 Å². The summed E-state index contributed by atoms with van der Waals surface area (Å²) in [6.07, 6.45) is 3.24. The van der Waals surface area contributed by atoms with Gasteiger partial charge in [0.25, 0.3) is 0 Å². The first-order valence-corrected chi connectivity index (χ1v) is 8.87. The van der Waals surface area contributed by atoms with Gasteiger partial charge in [0, 0.05) is 11.1 Å². The number of hydrogen-bond acceptors (Lipinski definition) is 2. The van der Waals surface area contributed by atoms with Crippen molar-refractivity contribution in [3.63, 3.8) is 0 Å². The predicted octanol–water partition coefficient (Wildman–Crippen LogP) is 4.18. The lowest BCUT2D eigenvalue weighted by Crippen LogP contribution is -2.38. The number of carbonyl (C=O) groups is 1. The van der Waals surface area contributed by atoms with Crippen LogP contribution in [0.4, 0.5) is 0 Å². The van der Waals surface area contributed by atoms with Crippen molar-refractivity contribution in [1.82, 2.24) is 10.6 Å². The third-order valence-corrected chi connectivity index (χ3v) is 4.90. The van der Waals surface area contributed by atoms with Crippen molar-refractivity contribution in [2.24, 2.45) is 0 Å². The minimum absolute atomic E-state index is 0.0394. The minimum atomic E-state index is 0.0394. The molecule has 24 heavy (non-hydrogen) atoms. The quantitative estimate of drug-likeness (QED) is 0.855. The molecule has 1 aliphatic carbocycles. The van der Waals surface area contributed by atoms with Crippen molar-refractivity contribution in [3.8, 4) is 0 Å². The second-order valence-corrected chi connectivity index (χ2v) is 6.80. The zero-order valence-electron chi connectivity index (χ0n) is 13.9. The fourth-order valence-electron chi connectivity index (χ4n) is 3.26. The molecule has 0 spiro atoms. The van der Waals surface area contributed by atoms with Crippen LogP contribution in [0.5, 0.6) is 0 Å². The molecule has 1 amide bonds. The smallest absolute Gasteiger partial charge is 0.234 e. The number of fused-ring (bicyclic) bond motifs is 1. The van der Waals surface area contributed by atoms with Crippen molar-refractivity contribution in [1.29, 1.82) is 0 Å². The fraction of sp³-hybridized carbons (Fsp3) is 0.350. The zero-order valence-corrected chi connectivity index (χ0v) is 14.6. The first kappa shape index (κ1) is 17.0. The van der Waals surface area contributed by atoms with Crippen molar-refractivity contribution < 1.29 is 4.79 Å². The highest BCUT2D eigenvalue weighted by Gasteiger charge is 2.21. The van der Waals surface area contributed by atoms with E-state index in [1.54, 1.807) is 0 Å². The lowest BCUT2D eigenvalue weighted by Gasteiger charge is -2.26. The zero-order chi connectivity index (χ0) is 16.9. The van der Waals surface area contributed by atoms with Gasteiger partial charge in [-0.2, -0.15) is 0 Å². The van der Waals surface area contributed by atoms with E-state index in [0.29, 0.717) is 6.54 Å². The Hall–Kier alpha value is -1.84. The van der Waals surface area contributed by atoms with E-state index >= 15 is 0 Å². The van der Waals surface area contributed by atoms with Crippen molar-refractivity contribution in [2.45, 2.75) is 38.3 Å². The molecule has 0 bridgehead atoms. The maximum absolute atomic E-state index is 12.3. The Labute approximate surface area is 148 Å². The topological polar surface area (TPSA) is 41.1 Å². The highest BCUT2D eigenvalue weighted by Crippen LogP contribution is 2.29. The second-order valence-electron chi connectivity index (χ2n) is 6.37. The number of nitrogens with one attached hydrogen (secondary N) is 2. The number of rotatable bonds is 5. The molecule has 126 valence electrons. The summed E-state index contributed by atoms with van der Waals surface area (Å²) in [5, 5.41) is 7.17. The molecule has 2 aromatic carbocycles. The SMILES string of the molecule is C[C@H](NCC(=O)N[C@H]1CCCc2ccccc21)c1ccc(Cl)cc1. The molecule has 0 heterocycles. The molecule has 0 radical (unpaired) electrons. The summed E-state index contributed by atoms with van der Waals surface area (Å²) in [5.41, 5.74) is 3.75. The molecule has 2 aromatic rings. The van der Waals surface area contributed by atoms with Crippen LogP contribution in [0.3, 0.4) is 0 Å². The first-order chi connectivity index (χ1) is 11.6. The van der Waals surface area contributed by atoms with Crippen LogP contribution in [0.2, 0.25) is 5.02 Å².